The molecule has 2 heteroatoms. The Bertz CT molecular complexity index is 215. The van der Waals surface area contributed by atoms with Gasteiger partial charge in [-0.1, -0.05) is 27.2 Å². The molecule has 2 atom stereocenters. The smallest absolute Gasteiger partial charge is 0.0474 e. The van der Waals surface area contributed by atoms with Gasteiger partial charge in [-0.15, -0.1) is 0 Å². The summed E-state index contributed by atoms with van der Waals surface area (Å²) in [5.41, 5.74) is 0.462. The van der Waals surface area contributed by atoms with Gasteiger partial charge in [-0.2, -0.15) is 0 Å². The number of nitrogens with zero attached hydrogens (tertiary/aromatic N) is 1. The van der Waals surface area contributed by atoms with Crippen LogP contribution in [0, 0.1) is 17.3 Å². The zero-order valence-electron chi connectivity index (χ0n) is 10.4. The van der Waals surface area contributed by atoms with E-state index in [-0.39, 0.29) is 0 Å². The molecule has 2 rings (SSSR count). The minimum Gasteiger partial charge on any atom is -0.396 e. The number of hydrogen-bond donors (Lipinski definition) is 1. The van der Waals surface area contributed by atoms with Crippen LogP contribution in [0.2, 0.25) is 0 Å². The molecule has 2 nitrogen and oxygen atoms in total. The fourth-order valence-electron chi connectivity index (χ4n) is 3.04. The maximum absolute atomic E-state index is 9.30. The second-order valence-electron chi connectivity index (χ2n) is 6.46. The molecule has 0 bridgehead atoms. The first-order valence-electron chi connectivity index (χ1n) is 6.37. The van der Waals surface area contributed by atoms with Gasteiger partial charge in [-0.05, 0) is 30.1 Å². The van der Waals surface area contributed by atoms with Crippen LogP contribution in [0.15, 0.2) is 0 Å². The summed E-state index contributed by atoms with van der Waals surface area (Å²) in [5, 5.41) is 9.30. The van der Waals surface area contributed by atoms with Crippen molar-refractivity contribution in [1.29, 1.82) is 0 Å². The highest BCUT2D eigenvalue weighted by Crippen LogP contribution is 2.39. The van der Waals surface area contributed by atoms with E-state index in [2.05, 4.69) is 25.7 Å². The number of rotatable bonds is 2. The predicted molar refractivity (Wildman–Crippen MR) is 62.7 cm³/mol. The van der Waals surface area contributed by atoms with E-state index >= 15 is 0 Å². The first kappa shape index (κ1) is 11.4. The molecule has 1 N–H and O–H groups in total. The Morgan fingerprint density at radius 1 is 1.20 bits per heavy atom. The van der Waals surface area contributed by atoms with Crippen LogP contribution in [0.4, 0.5) is 0 Å². The lowest BCUT2D eigenvalue weighted by Gasteiger charge is -2.50. The van der Waals surface area contributed by atoms with Gasteiger partial charge in [0.1, 0.15) is 0 Å². The lowest BCUT2D eigenvalue weighted by Crippen LogP contribution is -2.57. The van der Waals surface area contributed by atoms with Gasteiger partial charge in [0, 0.05) is 25.7 Å². The second-order valence-corrected chi connectivity index (χ2v) is 6.46. The van der Waals surface area contributed by atoms with Crippen molar-refractivity contribution in [3.05, 3.63) is 0 Å². The third kappa shape index (κ3) is 2.21. The summed E-state index contributed by atoms with van der Waals surface area (Å²) in [6, 6.07) is 0.689. The van der Waals surface area contributed by atoms with Crippen molar-refractivity contribution < 1.29 is 5.11 Å². The van der Waals surface area contributed by atoms with E-state index in [0.29, 0.717) is 24.0 Å². The van der Waals surface area contributed by atoms with Crippen LogP contribution < -0.4 is 0 Å². The van der Waals surface area contributed by atoms with Crippen molar-refractivity contribution in [2.45, 2.75) is 46.1 Å². The average molecular weight is 211 g/mol. The van der Waals surface area contributed by atoms with E-state index in [1.54, 1.807) is 0 Å². The predicted octanol–water partition coefficient (Wildman–Crippen LogP) is 2.13. The number of hydrogen-bond acceptors (Lipinski definition) is 2. The molecule has 1 heterocycles. The highest BCUT2D eigenvalue weighted by atomic mass is 16.3. The molecule has 0 aromatic heterocycles. The largest absolute Gasteiger partial charge is 0.396 e. The van der Waals surface area contributed by atoms with E-state index in [9.17, 15) is 5.11 Å². The van der Waals surface area contributed by atoms with Crippen LogP contribution in [0.1, 0.15) is 40.0 Å². The standard InChI is InChI=1S/C13H25NO/c1-13(2,3)11-7-14(8-11)12-6-4-5-10(12)9-15/h10-12,15H,4-9H2,1-3H3. The summed E-state index contributed by atoms with van der Waals surface area (Å²) < 4.78 is 0. The molecule has 1 saturated carbocycles. The van der Waals surface area contributed by atoms with Crippen molar-refractivity contribution in [2.75, 3.05) is 19.7 Å². The van der Waals surface area contributed by atoms with Crippen LogP contribution in [0.3, 0.4) is 0 Å². The van der Waals surface area contributed by atoms with Gasteiger partial charge < -0.3 is 5.11 Å². The lowest BCUT2D eigenvalue weighted by atomic mass is 9.75. The molecular formula is C13H25NO. The van der Waals surface area contributed by atoms with E-state index in [1.165, 1.54) is 32.4 Å². The Balaban J connectivity index is 1.84. The van der Waals surface area contributed by atoms with Gasteiger partial charge in [0.15, 0.2) is 0 Å². The van der Waals surface area contributed by atoms with Crippen molar-refractivity contribution in [1.82, 2.24) is 4.90 Å². The van der Waals surface area contributed by atoms with E-state index in [0.717, 1.165) is 5.92 Å². The summed E-state index contributed by atoms with van der Waals surface area (Å²) in [5.74, 6) is 1.42. The topological polar surface area (TPSA) is 23.5 Å². The van der Waals surface area contributed by atoms with Crippen molar-refractivity contribution in [2.24, 2.45) is 17.3 Å². The SMILES string of the molecule is CC(C)(C)C1CN(C2CCCC2CO)C1. The van der Waals surface area contributed by atoms with Gasteiger partial charge in [0.2, 0.25) is 0 Å². The molecule has 0 aromatic carbocycles. The Kier molecular flexibility index (Phi) is 3.09. The van der Waals surface area contributed by atoms with Crippen molar-refractivity contribution >= 4 is 0 Å². The summed E-state index contributed by atoms with van der Waals surface area (Å²) in [6.45, 7) is 9.92. The van der Waals surface area contributed by atoms with Crippen LogP contribution in [-0.2, 0) is 0 Å². The molecule has 2 unspecified atom stereocenters. The first-order valence-corrected chi connectivity index (χ1v) is 6.37. The molecule has 15 heavy (non-hydrogen) atoms. The first-order chi connectivity index (χ1) is 7.02. The maximum atomic E-state index is 9.30. The van der Waals surface area contributed by atoms with Gasteiger partial charge in [-0.25, -0.2) is 0 Å². The molecule has 0 aromatic rings. The monoisotopic (exact) mass is 211 g/mol. The van der Waals surface area contributed by atoms with Crippen molar-refractivity contribution in [3.63, 3.8) is 0 Å². The van der Waals surface area contributed by atoms with E-state index < -0.39 is 0 Å². The number of aliphatic hydroxyl groups is 1. The van der Waals surface area contributed by atoms with Crippen LogP contribution in [0.25, 0.3) is 0 Å². The highest BCUT2D eigenvalue weighted by molar-refractivity contribution is 4.95. The minimum atomic E-state index is 0.390. The Labute approximate surface area is 93.7 Å². The third-order valence-corrected chi connectivity index (χ3v) is 4.46. The Morgan fingerprint density at radius 3 is 2.40 bits per heavy atom. The van der Waals surface area contributed by atoms with Crippen LogP contribution >= 0.6 is 0 Å². The molecule has 2 aliphatic rings. The molecule has 0 spiro atoms. The maximum Gasteiger partial charge on any atom is 0.0474 e. The molecular weight excluding hydrogens is 186 g/mol. The fraction of sp³-hybridized carbons (Fsp3) is 1.00. The van der Waals surface area contributed by atoms with E-state index in [1.807, 2.05) is 0 Å². The molecule has 88 valence electrons. The normalized spacial score (nSPS) is 34.4. The average Bonchev–Trinajstić information content (AvgIpc) is 2.46. The van der Waals surface area contributed by atoms with Gasteiger partial charge in [0.05, 0.1) is 0 Å². The Morgan fingerprint density at radius 2 is 1.87 bits per heavy atom. The van der Waals surface area contributed by atoms with E-state index in [4.69, 9.17) is 0 Å². The molecule has 0 amide bonds. The second kappa shape index (κ2) is 4.06. The van der Waals surface area contributed by atoms with Crippen molar-refractivity contribution in [3.8, 4) is 0 Å². The van der Waals surface area contributed by atoms with Gasteiger partial charge in [-0.3, -0.25) is 4.90 Å². The Hall–Kier alpha value is -0.0800. The molecule has 1 aliphatic heterocycles. The van der Waals surface area contributed by atoms with Gasteiger partial charge in [0.25, 0.3) is 0 Å². The van der Waals surface area contributed by atoms with Crippen LogP contribution in [0.5, 0.6) is 0 Å². The molecule has 1 aliphatic carbocycles. The summed E-state index contributed by atoms with van der Waals surface area (Å²) in [7, 11) is 0. The number of likely N-dealkylation sites (tertiary alicyclic amines) is 1. The lowest BCUT2D eigenvalue weighted by molar-refractivity contribution is -0.0248. The number of aliphatic hydroxyl groups excluding tert-OH is 1. The molecule has 1 saturated heterocycles. The quantitative estimate of drug-likeness (QED) is 0.756. The summed E-state index contributed by atoms with van der Waals surface area (Å²) in [4.78, 5) is 2.60. The molecule has 2 fully saturated rings. The minimum absolute atomic E-state index is 0.390. The summed E-state index contributed by atoms with van der Waals surface area (Å²) >= 11 is 0. The summed E-state index contributed by atoms with van der Waals surface area (Å²) in [6.07, 6.45) is 3.85. The van der Waals surface area contributed by atoms with Crippen LogP contribution in [-0.4, -0.2) is 35.7 Å². The third-order valence-electron chi connectivity index (χ3n) is 4.46. The fourth-order valence-corrected chi connectivity index (χ4v) is 3.04. The zero-order valence-corrected chi connectivity index (χ0v) is 10.4. The zero-order chi connectivity index (χ0) is 11.1. The van der Waals surface area contributed by atoms with Gasteiger partial charge >= 0.3 is 0 Å². The highest BCUT2D eigenvalue weighted by Gasteiger charge is 2.42. The molecule has 0 radical (unpaired) electrons.